The SMILES string of the molecule is FNc1nccc(F)c1F. The highest BCUT2D eigenvalue weighted by molar-refractivity contribution is 5.33. The fraction of sp³-hybridized carbons (Fsp3) is 0. The molecular weight excluding hydrogens is 145 g/mol. The molecule has 0 saturated heterocycles. The molecule has 2 nitrogen and oxygen atoms in total. The van der Waals surface area contributed by atoms with Gasteiger partial charge in [0, 0.05) is 6.20 Å². The van der Waals surface area contributed by atoms with Crippen LogP contribution in [0.25, 0.3) is 0 Å². The van der Waals surface area contributed by atoms with E-state index < -0.39 is 17.5 Å². The number of aromatic nitrogens is 1. The van der Waals surface area contributed by atoms with Crippen molar-refractivity contribution in [2.45, 2.75) is 0 Å². The Morgan fingerprint density at radius 1 is 1.40 bits per heavy atom. The first kappa shape index (κ1) is 6.85. The Hall–Kier alpha value is -1.26. The average Bonchev–Trinajstić information content (AvgIpc) is 1.95. The van der Waals surface area contributed by atoms with Crippen molar-refractivity contribution in [1.29, 1.82) is 0 Å². The maximum atomic E-state index is 12.3. The molecule has 1 aromatic heterocycles. The van der Waals surface area contributed by atoms with Crippen LogP contribution in [0.4, 0.5) is 19.1 Å². The van der Waals surface area contributed by atoms with Crippen molar-refractivity contribution in [1.82, 2.24) is 4.98 Å². The minimum atomic E-state index is -1.31. The third-order valence-corrected chi connectivity index (χ3v) is 0.932. The van der Waals surface area contributed by atoms with Gasteiger partial charge in [-0.3, -0.25) is 0 Å². The van der Waals surface area contributed by atoms with E-state index in [2.05, 4.69) is 4.98 Å². The molecule has 0 radical (unpaired) electrons. The van der Waals surface area contributed by atoms with Gasteiger partial charge in [0.15, 0.2) is 11.6 Å². The Bertz CT molecular complexity index is 238. The van der Waals surface area contributed by atoms with Crippen LogP contribution < -0.4 is 5.54 Å². The summed E-state index contributed by atoms with van der Waals surface area (Å²) in [6.45, 7) is 0. The maximum absolute atomic E-state index is 12.3. The molecule has 0 fully saturated rings. The average molecular weight is 148 g/mol. The summed E-state index contributed by atoms with van der Waals surface area (Å²) in [5, 5.41) is 0. The van der Waals surface area contributed by atoms with Crippen molar-refractivity contribution in [3.8, 4) is 0 Å². The molecule has 0 unspecified atom stereocenters. The van der Waals surface area contributed by atoms with Crippen LogP contribution in [0.3, 0.4) is 0 Å². The first-order valence-corrected chi connectivity index (χ1v) is 2.42. The summed E-state index contributed by atoms with van der Waals surface area (Å²) in [5.41, 5.74) is 0.910. The van der Waals surface area contributed by atoms with Crippen LogP contribution in [0.15, 0.2) is 12.3 Å². The summed E-state index contributed by atoms with van der Waals surface area (Å²) < 4.78 is 35.9. The first-order chi connectivity index (χ1) is 4.75. The van der Waals surface area contributed by atoms with E-state index in [4.69, 9.17) is 0 Å². The molecule has 5 heteroatoms. The van der Waals surface area contributed by atoms with Crippen molar-refractivity contribution in [3.63, 3.8) is 0 Å². The molecule has 1 aromatic rings. The molecule has 0 saturated carbocycles. The largest absolute Gasteiger partial charge is 0.234 e. The molecule has 0 atom stereocenters. The molecule has 10 heavy (non-hydrogen) atoms. The predicted molar refractivity (Wildman–Crippen MR) is 28.9 cm³/mol. The Morgan fingerprint density at radius 3 is 2.60 bits per heavy atom. The first-order valence-electron chi connectivity index (χ1n) is 2.42. The van der Waals surface area contributed by atoms with E-state index in [1.54, 1.807) is 0 Å². The van der Waals surface area contributed by atoms with Gasteiger partial charge < -0.3 is 0 Å². The molecule has 54 valence electrons. The van der Waals surface area contributed by atoms with Crippen molar-refractivity contribution < 1.29 is 13.3 Å². The van der Waals surface area contributed by atoms with Gasteiger partial charge in [-0.05, 0) is 6.07 Å². The Labute approximate surface area is 54.6 Å². The summed E-state index contributed by atoms with van der Waals surface area (Å²) in [4.78, 5) is 3.16. The van der Waals surface area contributed by atoms with Crippen LogP contribution in [0.1, 0.15) is 0 Å². The van der Waals surface area contributed by atoms with Crippen LogP contribution in [-0.2, 0) is 0 Å². The summed E-state index contributed by atoms with van der Waals surface area (Å²) in [5.74, 6) is -3.18. The predicted octanol–water partition coefficient (Wildman–Crippen LogP) is 1.66. The van der Waals surface area contributed by atoms with Crippen molar-refractivity contribution >= 4 is 5.82 Å². The van der Waals surface area contributed by atoms with E-state index in [1.165, 1.54) is 0 Å². The molecule has 1 rings (SSSR count). The lowest BCUT2D eigenvalue weighted by Crippen LogP contribution is -1.94. The van der Waals surface area contributed by atoms with Gasteiger partial charge in [0.25, 0.3) is 0 Å². The van der Waals surface area contributed by atoms with Gasteiger partial charge >= 0.3 is 0 Å². The highest BCUT2D eigenvalue weighted by Crippen LogP contribution is 2.12. The summed E-state index contributed by atoms with van der Waals surface area (Å²) in [7, 11) is 0. The van der Waals surface area contributed by atoms with E-state index in [0.29, 0.717) is 0 Å². The summed E-state index contributed by atoms with van der Waals surface area (Å²) >= 11 is 0. The zero-order valence-corrected chi connectivity index (χ0v) is 4.74. The second-order valence-corrected chi connectivity index (χ2v) is 1.55. The monoisotopic (exact) mass is 148 g/mol. The molecule has 0 amide bonds. The summed E-state index contributed by atoms with van der Waals surface area (Å²) in [6, 6.07) is 0.802. The zero-order valence-electron chi connectivity index (χ0n) is 4.74. The van der Waals surface area contributed by atoms with E-state index >= 15 is 0 Å². The molecule has 1 N–H and O–H groups in total. The number of halogens is 3. The number of nitrogens with zero attached hydrogens (tertiary/aromatic N) is 1. The normalized spacial score (nSPS) is 9.50. The third-order valence-electron chi connectivity index (χ3n) is 0.932. The number of nitrogens with one attached hydrogen (secondary N) is 1. The van der Waals surface area contributed by atoms with Crippen molar-refractivity contribution in [3.05, 3.63) is 23.9 Å². The van der Waals surface area contributed by atoms with E-state index in [1.807, 2.05) is 0 Å². The van der Waals surface area contributed by atoms with Crippen LogP contribution in [0.5, 0.6) is 0 Å². The number of anilines is 1. The molecule has 0 aliphatic carbocycles. The second kappa shape index (κ2) is 2.55. The quantitative estimate of drug-likeness (QED) is 0.612. The molecule has 0 aliphatic heterocycles. The van der Waals surface area contributed by atoms with Gasteiger partial charge in [-0.15, -0.1) is 4.48 Å². The van der Waals surface area contributed by atoms with E-state index in [-0.39, 0.29) is 0 Å². The van der Waals surface area contributed by atoms with E-state index in [9.17, 15) is 13.3 Å². The van der Waals surface area contributed by atoms with Gasteiger partial charge in [0.05, 0.1) is 0 Å². The van der Waals surface area contributed by atoms with Crippen molar-refractivity contribution in [2.24, 2.45) is 0 Å². The number of pyridine rings is 1. The third kappa shape index (κ3) is 1.02. The van der Waals surface area contributed by atoms with Crippen LogP contribution in [-0.4, -0.2) is 4.98 Å². The van der Waals surface area contributed by atoms with Gasteiger partial charge in [-0.2, -0.15) is 4.39 Å². The maximum Gasteiger partial charge on any atom is 0.203 e. The molecule has 1 heterocycles. The van der Waals surface area contributed by atoms with E-state index in [0.717, 1.165) is 17.8 Å². The Kier molecular flexibility index (Phi) is 1.75. The van der Waals surface area contributed by atoms with Gasteiger partial charge in [0.1, 0.15) is 0 Å². The summed E-state index contributed by atoms with van der Waals surface area (Å²) in [6.07, 6.45) is 0.959. The molecule has 0 bridgehead atoms. The standard InChI is InChI=1S/C5H3F3N2/c6-3-1-2-9-5(10-8)4(3)7/h1-2H,(H,9,10). The highest BCUT2D eigenvalue weighted by atomic mass is 19.2. The molecule has 0 spiro atoms. The van der Waals surface area contributed by atoms with Gasteiger partial charge in [-0.1, -0.05) is 0 Å². The lowest BCUT2D eigenvalue weighted by Gasteiger charge is -1.95. The zero-order chi connectivity index (χ0) is 7.56. The topological polar surface area (TPSA) is 24.9 Å². The van der Waals surface area contributed by atoms with Crippen molar-refractivity contribution in [2.75, 3.05) is 5.54 Å². The fourth-order valence-electron chi connectivity index (χ4n) is 0.486. The highest BCUT2D eigenvalue weighted by Gasteiger charge is 2.07. The Balaban J connectivity index is 3.14. The van der Waals surface area contributed by atoms with Gasteiger partial charge in [0.2, 0.25) is 5.82 Å². The molecule has 0 aliphatic rings. The van der Waals surface area contributed by atoms with Gasteiger partial charge in [-0.25, -0.2) is 14.9 Å². The van der Waals surface area contributed by atoms with Crippen LogP contribution in [0.2, 0.25) is 0 Å². The second-order valence-electron chi connectivity index (χ2n) is 1.55. The lowest BCUT2D eigenvalue weighted by atomic mass is 10.4. The minimum Gasteiger partial charge on any atom is -0.234 e. The lowest BCUT2D eigenvalue weighted by molar-refractivity contribution is 0.495. The van der Waals surface area contributed by atoms with Crippen LogP contribution >= 0.6 is 0 Å². The number of hydrogen-bond acceptors (Lipinski definition) is 2. The molecular formula is C5H3F3N2. The fourth-order valence-corrected chi connectivity index (χ4v) is 0.486. The number of rotatable bonds is 1. The molecule has 0 aromatic carbocycles. The van der Waals surface area contributed by atoms with Crippen LogP contribution in [0, 0.1) is 11.6 Å². The Morgan fingerprint density at radius 2 is 2.10 bits per heavy atom. The minimum absolute atomic E-state index is 0.736. The number of hydrogen-bond donors (Lipinski definition) is 1. The smallest absolute Gasteiger partial charge is 0.203 e.